The molecule has 17 heavy (non-hydrogen) atoms. The molecular weight excluding hydrogens is 226 g/mol. The number of rotatable bonds is 10. The van der Waals surface area contributed by atoms with Crippen molar-refractivity contribution < 1.29 is 0 Å². The molecule has 0 aliphatic heterocycles. The minimum Gasteiger partial charge on any atom is -0.253 e. The molecule has 0 radical (unpaired) electrons. The van der Waals surface area contributed by atoms with Gasteiger partial charge in [0.05, 0.1) is 5.51 Å². The second kappa shape index (κ2) is 9.64. The summed E-state index contributed by atoms with van der Waals surface area (Å²) < 4.78 is 0. The Bertz CT molecular complexity index is 256. The first kappa shape index (κ1) is 14.7. The minimum atomic E-state index is 0.783. The number of unbranched alkanes of at least 4 members (excludes halogenated alkanes) is 5. The van der Waals surface area contributed by atoms with Crippen LogP contribution in [0.3, 0.4) is 0 Å². The van der Waals surface area contributed by atoms with E-state index in [2.05, 4.69) is 25.0 Å². The summed E-state index contributed by atoms with van der Waals surface area (Å²) in [6.07, 6.45) is 14.4. The molecule has 0 aliphatic rings. The van der Waals surface area contributed by atoms with E-state index in [0.29, 0.717) is 0 Å². The van der Waals surface area contributed by atoms with Gasteiger partial charge in [-0.15, -0.1) is 11.3 Å². The normalized spacial score (nSPS) is 12.8. The Labute approximate surface area is 111 Å². The highest BCUT2D eigenvalue weighted by molar-refractivity contribution is 7.09. The Morgan fingerprint density at radius 2 is 1.65 bits per heavy atom. The molecule has 1 rings (SSSR count). The van der Waals surface area contributed by atoms with Crippen molar-refractivity contribution in [3.63, 3.8) is 0 Å². The molecule has 0 saturated heterocycles. The third-order valence-corrected chi connectivity index (χ3v) is 4.35. The summed E-state index contributed by atoms with van der Waals surface area (Å²) >= 11 is 1.84. The van der Waals surface area contributed by atoms with Crippen LogP contribution in [0.5, 0.6) is 0 Å². The Kier molecular flexibility index (Phi) is 8.33. The number of hydrogen-bond donors (Lipinski definition) is 0. The van der Waals surface area contributed by atoms with Crippen LogP contribution in [-0.2, 0) is 0 Å². The molecule has 0 fully saturated rings. The molecule has 1 nitrogen and oxygen atoms in total. The molecule has 0 spiro atoms. The van der Waals surface area contributed by atoms with Crippen LogP contribution < -0.4 is 0 Å². The maximum absolute atomic E-state index is 4.23. The first-order valence-corrected chi connectivity index (χ1v) is 8.14. The van der Waals surface area contributed by atoms with E-state index in [4.69, 9.17) is 0 Å². The fraction of sp³-hybridized carbons (Fsp3) is 0.800. The number of aromatic nitrogens is 1. The molecule has 0 aromatic carbocycles. The molecule has 0 amide bonds. The van der Waals surface area contributed by atoms with Gasteiger partial charge in [0, 0.05) is 11.1 Å². The maximum atomic E-state index is 4.23. The molecule has 0 N–H and O–H groups in total. The Balaban J connectivity index is 2.31. The number of thiazole rings is 1. The van der Waals surface area contributed by atoms with E-state index >= 15 is 0 Å². The predicted octanol–water partition coefficient (Wildman–Crippen LogP) is 5.78. The topological polar surface area (TPSA) is 12.9 Å². The molecule has 1 aromatic heterocycles. The van der Waals surface area contributed by atoms with Crippen molar-refractivity contribution in [3.8, 4) is 0 Å². The molecule has 0 aliphatic carbocycles. The zero-order valence-corrected chi connectivity index (χ0v) is 12.3. The van der Waals surface area contributed by atoms with E-state index in [0.717, 1.165) is 5.92 Å². The second-order valence-corrected chi connectivity index (χ2v) is 5.86. The van der Waals surface area contributed by atoms with E-state index < -0.39 is 0 Å². The van der Waals surface area contributed by atoms with Crippen LogP contribution in [0.1, 0.15) is 82.4 Å². The van der Waals surface area contributed by atoms with Gasteiger partial charge in [-0.05, 0) is 18.8 Å². The van der Waals surface area contributed by atoms with Gasteiger partial charge in [-0.2, -0.15) is 0 Å². The molecule has 1 atom stereocenters. The first-order chi connectivity index (χ1) is 8.38. The van der Waals surface area contributed by atoms with Gasteiger partial charge in [-0.3, -0.25) is 4.98 Å². The van der Waals surface area contributed by atoms with E-state index in [1.165, 1.54) is 62.7 Å². The van der Waals surface area contributed by atoms with Crippen LogP contribution in [-0.4, -0.2) is 4.98 Å². The second-order valence-electron chi connectivity index (χ2n) is 4.95. The summed E-state index contributed by atoms with van der Waals surface area (Å²) in [6, 6.07) is 0. The monoisotopic (exact) mass is 253 g/mol. The lowest BCUT2D eigenvalue weighted by atomic mass is 9.94. The van der Waals surface area contributed by atoms with Crippen LogP contribution in [0.4, 0.5) is 0 Å². The fourth-order valence-electron chi connectivity index (χ4n) is 2.31. The van der Waals surface area contributed by atoms with Crippen molar-refractivity contribution >= 4 is 11.3 Å². The van der Waals surface area contributed by atoms with Crippen LogP contribution in [0.25, 0.3) is 0 Å². The molecule has 1 heterocycles. The quantitative estimate of drug-likeness (QED) is 0.482. The van der Waals surface area contributed by atoms with E-state index in [1.54, 1.807) is 0 Å². The molecule has 1 aromatic rings. The average molecular weight is 253 g/mol. The van der Waals surface area contributed by atoms with Crippen molar-refractivity contribution in [2.45, 2.75) is 77.6 Å². The number of hydrogen-bond acceptors (Lipinski definition) is 2. The zero-order chi connectivity index (χ0) is 12.3. The molecule has 98 valence electrons. The molecule has 1 unspecified atom stereocenters. The highest BCUT2D eigenvalue weighted by atomic mass is 32.1. The third kappa shape index (κ3) is 6.21. The van der Waals surface area contributed by atoms with Gasteiger partial charge in [-0.1, -0.05) is 58.8 Å². The summed E-state index contributed by atoms with van der Waals surface area (Å²) in [7, 11) is 0. The SMILES string of the molecule is CCCCCCC(CCCCC)c1cncs1. The minimum absolute atomic E-state index is 0.783. The van der Waals surface area contributed by atoms with Gasteiger partial charge in [0.15, 0.2) is 0 Å². The highest BCUT2D eigenvalue weighted by Gasteiger charge is 2.12. The third-order valence-electron chi connectivity index (χ3n) is 3.42. The molecule has 2 heteroatoms. The fourth-order valence-corrected chi connectivity index (χ4v) is 3.11. The van der Waals surface area contributed by atoms with Gasteiger partial charge in [0.2, 0.25) is 0 Å². The number of nitrogens with zero attached hydrogens (tertiary/aromatic N) is 1. The van der Waals surface area contributed by atoms with Crippen LogP contribution in [0, 0.1) is 0 Å². The van der Waals surface area contributed by atoms with Gasteiger partial charge in [0.1, 0.15) is 0 Å². The van der Waals surface area contributed by atoms with Crippen molar-refractivity contribution in [2.75, 3.05) is 0 Å². The standard InChI is InChI=1S/C15H27NS/c1-3-5-7-9-11-14(10-8-6-4-2)15-12-16-13-17-15/h12-14H,3-11H2,1-2H3. The molecule has 0 saturated carbocycles. The van der Waals surface area contributed by atoms with E-state index in [1.807, 2.05) is 16.8 Å². The van der Waals surface area contributed by atoms with Crippen molar-refractivity contribution in [3.05, 3.63) is 16.6 Å². The van der Waals surface area contributed by atoms with Gasteiger partial charge in [-0.25, -0.2) is 0 Å². The summed E-state index contributed by atoms with van der Waals surface area (Å²) in [5.41, 5.74) is 1.98. The predicted molar refractivity (Wildman–Crippen MR) is 77.8 cm³/mol. The lowest BCUT2D eigenvalue weighted by molar-refractivity contribution is 0.506. The average Bonchev–Trinajstić information content (AvgIpc) is 2.86. The zero-order valence-electron chi connectivity index (χ0n) is 11.5. The van der Waals surface area contributed by atoms with E-state index in [-0.39, 0.29) is 0 Å². The highest BCUT2D eigenvalue weighted by Crippen LogP contribution is 2.30. The van der Waals surface area contributed by atoms with Gasteiger partial charge < -0.3 is 0 Å². The lowest BCUT2D eigenvalue weighted by Gasteiger charge is -2.14. The molecular formula is C15H27NS. The molecule has 0 bridgehead atoms. The van der Waals surface area contributed by atoms with Crippen LogP contribution >= 0.6 is 11.3 Å². The van der Waals surface area contributed by atoms with Crippen LogP contribution in [0.15, 0.2) is 11.7 Å². The summed E-state index contributed by atoms with van der Waals surface area (Å²) in [5.74, 6) is 0.783. The van der Waals surface area contributed by atoms with Gasteiger partial charge >= 0.3 is 0 Å². The van der Waals surface area contributed by atoms with Crippen molar-refractivity contribution in [2.24, 2.45) is 0 Å². The Morgan fingerprint density at radius 1 is 1.00 bits per heavy atom. The summed E-state index contributed by atoms with van der Waals surface area (Å²) in [6.45, 7) is 4.56. The van der Waals surface area contributed by atoms with E-state index in [9.17, 15) is 0 Å². The summed E-state index contributed by atoms with van der Waals surface area (Å²) in [5, 5.41) is 0. The largest absolute Gasteiger partial charge is 0.253 e. The first-order valence-electron chi connectivity index (χ1n) is 7.26. The maximum Gasteiger partial charge on any atom is 0.0794 e. The van der Waals surface area contributed by atoms with Crippen LogP contribution in [0.2, 0.25) is 0 Å². The van der Waals surface area contributed by atoms with Crippen molar-refractivity contribution in [1.82, 2.24) is 4.98 Å². The van der Waals surface area contributed by atoms with Gasteiger partial charge in [0.25, 0.3) is 0 Å². The Hall–Kier alpha value is -0.370. The smallest absolute Gasteiger partial charge is 0.0794 e. The van der Waals surface area contributed by atoms with Crippen molar-refractivity contribution in [1.29, 1.82) is 0 Å². The summed E-state index contributed by atoms with van der Waals surface area (Å²) in [4.78, 5) is 5.75. The lowest BCUT2D eigenvalue weighted by Crippen LogP contribution is -1.97. The Morgan fingerprint density at radius 3 is 2.24 bits per heavy atom.